The second kappa shape index (κ2) is 4.57. The predicted molar refractivity (Wildman–Crippen MR) is 76.8 cm³/mol. The molecular weight excluding hydrogens is 262 g/mol. The molecule has 3 nitrogen and oxygen atoms in total. The maximum Gasteiger partial charge on any atom is 0.134 e. The molecule has 0 spiro atoms. The van der Waals surface area contributed by atoms with Gasteiger partial charge in [0.15, 0.2) is 0 Å². The third kappa shape index (κ3) is 2.09. The number of halogens is 1. The van der Waals surface area contributed by atoms with Gasteiger partial charge in [0.2, 0.25) is 0 Å². The number of aromatic hydroxyl groups is 1. The normalized spacial score (nSPS) is 32.3. The van der Waals surface area contributed by atoms with Crippen molar-refractivity contribution < 1.29 is 9.84 Å². The second-order valence-corrected chi connectivity index (χ2v) is 6.61. The average molecular weight is 282 g/mol. The third-order valence-corrected chi connectivity index (χ3v) is 4.90. The molecule has 0 radical (unpaired) electrons. The van der Waals surface area contributed by atoms with E-state index < -0.39 is 0 Å². The summed E-state index contributed by atoms with van der Waals surface area (Å²) in [6.07, 6.45) is 2.73. The molecule has 3 unspecified atom stereocenters. The van der Waals surface area contributed by atoms with E-state index in [9.17, 15) is 5.11 Å². The smallest absolute Gasteiger partial charge is 0.134 e. The first-order valence-corrected chi connectivity index (χ1v) is 7.24. The van der Waals surface area contributed by atoms with Crippen molar-refractivity contribution in [2.24, 2.45) is 11.3 Å². The average Bonchev–Trinajstić information content (AvgIpc) is 2.40. The molecule has 0 amide bonds. The van der Waals surface area contributed by atoms with E-state index in [0.717, 1.165) is 18.7 Å². The number of phenolic OH excluding ortho intramolecular Hbond substituents is 1. The summed E-state index contributed by atoms with van der Waals surface area (Å²) in [5.41, 5.74) is 1.10. The molecule has 1 heterocycles. The second-order valence-electron chi connectivity index (χ2n) is 6.21. The topological polar surface area (TPSA) is 41.5 Å². The van der Waals surface area contributed by atoms with Gasteiger partial charge in [-0.15, -0.1) is 0 Å². The lowest BCUT2D eigenvalue weighted by Gasteiger charge is -2.60. The summed E-state index contributed by atoms with van der Waals surface area (Å²) in [4.78, 5) is 0. The zero-order chi connectivity index (χ0) is 13.6. The molecule has 2 fully saturated rings. The maximum absolute atomic E-state index is 9.46. The van der Waals surface area contributed by atoms with Crippen molar-refractivity contribution in [3.8, 4) is 5.75 Å². The van der Waals surface area contributed by atoms with Gasteiger partial charge in [0.1, 0.15) is 5.75 Å². The summed E-state index contributed by atoms with van der Waals surface area (Å²) in [6, 6.07) is 5.68. The van der Waals surface area contributed by atoms with Crippen LogP contribution >= 0.6 is 11.6 Å². The van der Waals surface area contributed by atoms with Gasteiger partial charge in [-0.3, -0.25) is 0 Å². The molecule has 19 heavy (non-hydrogen) atoms. The van der Waals surface area contributed by atoms with Crippen LogP contribution < -0.4 is 5.32 Å². The van der Waals surface area contributed by atoms with Crippen LogP contribution in [-0.2, 0) is 4.74 Å². The zero-order valence-corrected chi connectivity index (χ0v) is 12.1. The Morgan fingerprint density at radius 1 is 1.42 bits per heavy atom. The molecule has 3 rings (SSSR count). The fourth-order valence-electron chi connectivity index (χ4n) is 3.59. The molecule has 4 heteroatoms. The molecule has 0 aromatic heterocycles. The maximum atomic E-state index is 9.46. The van der Waals surface area contributed by atoms with E-state index in [1.807, 2.05) is 6.07 Å². The first-order chi connectivity index (χ1) is 9.00. The molecule has 1 saturated carbocycles. The number of nitrogens with one attached hydrogen (secondary N) is 1. The van der Waals surface area contributed by atoms with E-state index in [1.165, 1.54) is 6.42 Å². The summed E-state index contributed by atoms with van der Waals surface area (Å²) in [6.45, 7) is 5.39. The van der Waals surface area contributed by atoms with Crippen LogP contribution in [0.15, 0.2) is 18.2 Å². The highest BCUT2D eigenvalue weighted by atomic mass is 35.5. The van der Waals surface area contributed by atoms with Crippen LogP contribution in [0.4, 0.5) is 5.69 Å². The number of ether oxygens (including phenoxy) is 1. The van der Waals surface area contributed by atoms with E-state index in [2.05, 4.69) is 19.2 Å². The fraction of sp³-hybridized carbons (Fsp3) is 0.600. The van der Waals surface area contributed by atoms with Crippen molar-refractivity contribution in [2.45, 2.75) is 38.8 Å². The van der Waals surface area contributed by atoms with E-state index in [-0.39, 0.29) is 11.2 Å². The number of rotatable bonds is 2. The molecule has 104 valence electrons. The zero-order valence-electron chi connectivity index (χ0n) is 11.3. The summed E-state index contributed by atoms with van der Waals surface area (Å²) in [5.74, 6) is 0.704. The highest BCUT2D eigenvalue weighted by Crippen LogP contribution is 2.52. The summed E-state index contributed by atoms with van der Waals surface area (Å²) in [5, 5.41) is 13.4. The molecular formula is C15H20ClNO2. The van der Waals surface area contributed by atoms with Gasteiger partial charge >= 0.3 is 0 Å². The highest BCUT2D eigenvalue weighted by Gasteiger charge is 2.57. The van der Waals surface area contributed by atoms with E-state index in [4.69, 9.17) is 16.3 Å². The highest BCUT2D eigenvalue weighted by molar-refractivity contribution is 6.32. The summed E-state index contributed by atoms with van der Waals surface area (Å²) in [7, 11) is 0. The molecule has 2 aliphatic rings. The van der Waals surface area contributed by atoms with Gasteiger partial charge in [-0.1, -0.05) is 25.4 Å². The number of phenols is 1. The summed E-state index contributed by atoms with van der Waals surface area (Å²) < 4.78 is 5.90. The lowest BCUT2D eigenvalue weighted by Crippen LogP contribution is -2.67. The van der Waals surface area contributed by atoms with Gasteiger partial charge in [-0.2, -0.15) is 0 Å². The number of hydrogen-bond donors (Lipinski definition) is 2. The molecule has 1 aliphatic carbocycles. The Bertz CT molecular complexity index is 489. The van der Waals surface area contributed by atoms with Crippen LogP contribution in [0.25, 0.3) is 0 Å². The fourth-order valence-corrected chi connectivity index (χ4v) is 3.77. The minimum Gasteiger partial charge on any atom is -0.506 e. The molecule has 1 aromatic rings. The van der Waals surface area contributed by atoms with Gasteiger partial charge in [0.05, 0.1) is 11.1 Å². The van der Waals surface area contributed by atoms with Gasteiger partial charge in [-0.05, 0) is 31.0 Å². The van der Waals surface area contributed by atoms with Crippen LogP contribution in [0.2, 0.25) is 5.02 Å². The van der Waals surface area contributed by atoms with E-state index in [0.29, 0.717) is 23.1 Å². The van der Waals surface area contributed by atoms with Crippen molar-refractivity contribution in [1.82, 2.24) is 0 Å². The van der Waals surface area contributed by atoms with Gasteiger partial charge in [0, 0.05) is 29.7 Å². The number of hydrogen-bond acceptors (Lipinski definition) is 3. The molecule has 1 aliphatic heterocycles. The van der Waals surface area contributed by atoms with Crippen molar-refractivity contribution in [2.75, 3.05) is 11.9 Å². The standard InChI is InChI=1S/C15H20ClNO2/c1-15(2)13(10-4-3-7-19-14(10)15)17-9-5-6-12(18)11(16)8-9/h5-6,8,10,13-14,17-18H,3-4,7H2,1-2H3. The van der Waals surface area contributed by atoms with Crippen molar-refractivity contribution in [1.29, 1.82) is 0 Å². The molecule has 1 saturated heterocycles. The molecule has 1 aromatic carbocycles. The summed E-state index contributed by atoms with van der Waals surface area (Å²) >= 11 is 5.95. The minimum absolute atomic E-state index is 0.124. The first-order valence-electron chi connectivity index (χ1n) is 6.87. The quantitative estimate of drug-likeness (QED) is 0.813. The molecule has 2 N–H and O–H groups in total. The third-order valence-electron chi connectivity index (χ3n) is 4.60. The van der Waals surface area contributed by atoms with Crippen LogP contribution in [-0.4, -0.2) is 23.9 Å². The lowest BCUT2D eigenvalue weighted by atomic mass is 9.55. The Morgan fingerprint density at radius 2 is 2.21 bits per heavy atom. The van der Waals surface area contributed by atoms with Gasteiger partial charge < -0.3 is 15.2 Å². The van der Waals surface area contributed by atoms with Crippen molar-refractivity contribution >= 4 is 17.3 Å². The molecule has 3 atom stereocenters. The van der Waals surface area contributed by atoms with Crippen molar-refractivity contribution in [3.05, 3.63) is 23.2 Å². The predicted octanol–water partition coefficient (Wildman–Crippen LogP) is 3.66. The Morgan fingerprint density at radius 3 is 2.95 bits per heavy atom. The number of fused-ring (bicyclic) bond motifs is 1. The largest absolute Gasteiger partial charge is 0.506 e. The minimum atomic E-state index is 0.124. The van der Waals surface area contributed by atoms with E-state index in [1.54, 1.807) is 12.1 Å². The van der Waals surface area contributed by atoms with Gasteiger partial charge in [0.25, 0.3) is 0 Å². The number of anilines is 1. The van der Waals surface area contributed by atoms with Crippen molar-refractivity contribution in [3.63, 3.8) is 0 Å². The lowest BCUT2D eigenvalue weighted by molar-refractivity contribution is -0.177. The monoisotopic (exact) mass is 281 g/mol. The van der Waals surface area contributed by atoms with Crippen LogP contribution in [0.5, 0.6) is 5.75 Å². The molecule has 0 bridgehead atoms. The Balaban J connectivity index is 1.77. The Labute approximate surface area is 118 Å². The Kier molecular flexibility index (Phi) is 3.14. The SMILES string of the molecule is CC1(C)C(Nc2ccc(O)c(Cl)c2)C2CCCOC21. The Hall–Kier alpha value is -0.930. The number of benzene rings is 1. The van der Waals surface area contributed by atoms with E-state index >= 15 is 0 Å². The van der Waals surface area contributed by atoms with Crippen LogP contribution in [0.3, 0.4) is 0 Å². The first kappa shape index (κ1) is 13.1. The van der Waals surface area contributed by atoms with Crippen LogP contribution in [0.1, 0.15) is 26.7 Å². The van der Waals surface area contributed by atoms with Gasteiger partial charge in [-0.25, -0.2) is 0 Å². The van der Waals surface area contributed by atoms with Crippen LogP contribution in [0, 0.1) is 11.3 Å².